The molecule has 3 rings (SSSR count). The van der Waals surface area contributed by atoms with Crippen molar-refractivity contribution in [1.82, 2.24) is 4.98 Å². The number of fused-ring (bicyclic) bond motifs is 1. The number of carbonyl (C=O) groups excluding carboxylic acids is 1. The SMILES string of the molecule is O=C(Cc1ccccc1F)c1c[nH]c2cccc(Br)c12. The summed E-state index contributed by atoms with van der Waals surface area (Å²) in [6.45, 7) is 0. The fourth-order valence-corrected chi connectivity index (χ4v) is 2.85. The number of rotatable bonds is 3. The summed E-state index contributed by atoms with van der Waals surface area (Å²) in [5.41, 5.74) is 1.88. The third kappa shape index (κ3) is 2.27. The predicted octanol–water partition coefficient (Wildman–Crippen LogP) is 4.49. The van der Waals surface area contributed by atoms with E-state index in [2.05, 4.69) is 20.9 Å². The Hall–Kier alpha value is -1.94. The molecule has 0 radical (unpaired) electrons. The van der Waals surface area contributed by atoms with Gasteiger partial charge in [-0.05, 0) is 23.8 Å². The number of halogens is 2. The van der Waals surface area contributed by atoms with E-state index < -0.39 is 0 Å². The molecule has 1 heterocycles. The van der Waals surface area contributed by atoms with Gasteiger partial charge in [-0.1, -0.05) is 40.2 Å². The van der Waals surface area contributed by atoms with Crippen molar-refractivity contribution < 1.29 is 9.18 Å². The number of hydrogen-bond donors (Lipinski definition) is 1. The first-order valence-corrected chi connectivity index (χ1v) is 6.98. The molecule has 3 aromatic rings. The van der Waals surface area contributed by atoms with Gasteiger partial charge in [-0.25, -0.2) is 4.39 Å². The summed E-state index contributed by atoms with van der Waals surface area (Å²) < 4.78 is 14.5. The number of aromatic nitrogens is 1. The lowest BCUT2D eigenvalue weighted by molar-refractivity contribution is 0.0993. The molecule has 0 amide bonds. The normalized spacial score (nSPS) is 10.9. The van der Waals surface area contributed by atoms with Crippen LogP contribution in [0, 0.1) is 5.82 Å². The Morgan fingerprint density at radius 1 is 1.15 bits per heavy atom. The minimum absolute atomic E-state index is 0.0565. The van der Waals surface area contributed by atoms with Crippen molar-refractivity contribution in [2.45, 2.75) is 6.42 Å². The van der Waals surface area contributed by atoms with Gasteiger partial charge in [-0.2, -0.15) is 0 Å². The maximum atomic E-state index is 13.6. The Morgan fingerprint density at radius 3 is 2.75 bits per heavy atom. The Balaban J connectivity index is 2.00. The third-order valence-corrected chi connectivity index (χ3v) is 3.93. The first-order valence-electron chi connectivity index (χ1n) is 6.19. The average molecular weight is 332 g/mol. The van der Waals surface area contributed by atoms with Gasteiger partial charge in [-0.3, -0.25) is 4.79 Å². The van der Waals surface area contributed by atoms with Gasteiger partial charge in [0.05, 0.1) is 0 Å². The molecule has 2 aromatic carbocycles. The standard InChI is InChI=1S/C16H11BrFNO/c17-12-5-3-7-14-16(12)11(9-19-14)15(20)8-10-4-1-2-6-13(10)18/h1-7,9,19H,8H2. The van der Waals surface area contributed by atoms with Crippen LogP contribution in [0.1, 0.15) is 15.9 Å². The minimum atomic E-state index is -0.347. The smallest absolute Gasteiger partial charge is 0.169 e. The van der Waals surface area contributed by atoms with Gasteiger partial charge in [-0.15, -0.1) is 0 Å². The third-order valence-electron chi connectivity index (χ3n) is 3.26. The lowest BCUT2D eigenvalue weighted by Crippen LogP contribution is -2.04. The summed E-state index contributed by atoms with van der Waals surface area (Å²) >= 11 is 3.45. The highest BCUT2D eigenvalue weighted by Crippen LogP contribution is 2.28. The van der Waals surface area contributed by atoms with Gasteiger partial charge in [0.2, 0.25) is 0 Å². The molecule has 0 aliphatic carbocycles. The van der Waals surface area contributed by atoms with Crippen molar-refractivity contribution >= 4 is 32.6 Å². The quantitative estimate of drug-likeness (QED) is 0.704. The van der Waals surface area contributed by atoms with Crippen LogP contribution < -0.4 is 0 Å². The maximum Gasteiger partial charge on any atom is 0.169 e. The van der Waals surface area contributed by atoms with E-state index in [-0.39, 0.29) is 18.0 Å². The van der Waals surface area contributed by atoms with E-state index in [9.17, 15) is 9.18 Å². The predicted molar refractivity (Wildman–Crippen MR) is 80.4 cm³/mol. The van der Waals surface area contributed by atoms with E-state index in [4.69, 9.17) is 0 Å². The number of nitrogens with one attached hydrogen (secondary N) is 1. The van der Waals surface area contributed by atoms with E-state index >= 15 is 0 Å². The highest BCUT2D eigenvalue weighted by Gasteiger charge is 2.16. The van der Waals surface area contributed by atoms with E-state index in [0.29, 0.717) is 11.1 Å². The number of Topliss-reactive ketones (excluding diaryl/α,β-unsaturated/α-hetero) is 1. The van der Waals surface area contributed by atoms with Crippen LogP contribution >= 0.6 is 15.9 Å². The zero-order valence-corrected chi connectivity index (χ0v) is 12.1. The lowest BCUT2D eigenvalue weighted by Gasteiger charge is -2.03. The summed E-state index contributed by atoms with van der Waals surface area (Å²) in [5.74, 6) is -0.451. The monoisotopic (exact) mass is 331 g/mol. The van der Waals surface area contributed by atoms with Crippen LogP contribution in [0.5, 0.6) is 0 Å². The fraction of sp³-hybridized carbons (Fsp3) is 0.0625. The van der Waals surface area contributed by atoms with E-state index in [1.165, 1.54) is 6.07 Å². The first kappa shape index (κ1) is 13.1. The Labute approximate surface area is 123 Å². The van der Waals surface area contributed by atoms with Gasteiger partial charge in [0.1, 0.15) is 5.82 Å². The van der Waals surface area contributed by atoms with Gasteiger partial charge in [0.15, 0.2) is 5.78 Å². The lowest BCUT2D eigenvalue weighted by atomic mass is 10.0. The van der Waals surface area contributed by atoms with Crippen LogP contribution in [-0.2, 0) is 6.42 Å². The molecule has 4 heteroatoms. The number of ketones is 1. The number of carbonyl (C=O) groups is 1. The molecule has 20 heavy (non-hydrogen) atoms. The summed E-state index contributed by atoms with van der Waals surface area (Å²) in [5, 5.41) is 0.842. The molecule has 2 nitrogen and oxygen atoms in total. The molecule has 100 valence electrons. The van der Waals surface area contributed by atoms with Crippen LogP contribution in [-0.4, -0.2) is 10.8 Å². The number of hydrogen-bond acceptors (Lipinski definition) is 1. The molecule has 0 unspecified atom stereocenters. The van der Waals surface area contributed by atoms with Crippen molar-refractivity contribution in [2.75, 3.05) is 0 Å². The number of benzene rings is 2. The molecule has 0 spiro atoms. The van der Waals surface area contributed by atoms with Gasteiger partial charge >= 0.3 is 0 Å². The van der Waals surface area contributed by atoms with Crippen LogP contribution in [0.4, 0.5) is 4.39 Å². The van der Waals surface area contributed by atoms with Crippen molar-refractivity contribution in [2.24, 2.45) is 0 Å². The van der Waals surface area contributed by atoms with E-state index in [0.717, 1.165) is 15.4 Å². The molecule has 0 aliphatic heterocycles. The van der Waals surface area contributed by atoms with Gasteiger partial charge < -0.3 is 4.98 Å². The number of aromatic amines is 1. The van der Waals surface area contributed by atoms with E-state index in [1.54, 1.807) is 24.4 Å². The van der Waals surface area contributed by atoms with Crippen LogP contribution in [0.25, 0.3) is 10.9 Å². The second-order valence-electron chi connectivity index (χ2n) is 4.56. The maximum absolute atomic E-state index is 13.6. The summed E-state index contributed by atoms with van der Waals surface area (Å²) in [6.07, 6.45) is 1.74. The molecule has 0 fully saturated rings. The number of H-pyrrole nitrogens is 1. The topological polar surface area (TPSA) is 32.9 Å². The minimum Gasteiger partial charge on any atom is -0.360 e. The molecule has 0 atom stereocenters. The molecule has 0 aliphatic rings. The molecule has 0 saturated heterocycles. The van der Waals surface area contributed by atoms with Crippen molar-refractivity contribution in [3.05, 3.63) is 70.1 Å². The van der Waals surface area contributed by atoms with Gasteiger partial charge in [0, 0.05) is 33.6 Å². The van der Waals surface area contributed by atoms with Crippen molar-refractivity contribution in [3.63, 3.8) is 0 Å². The second kappa shape index (κ2) is 5.21. The van der Waals surface area contributed by atoms with Gasteiger partial charge in [0.25, 0.3) is 0 Å². The molecule has 1 aromatic heterocycles. The Kier molecular flexibility index (Phi) is 3.40. The Bertz CT molecular complexity index is 794. The highest BCUT2D eigenvalue weighted by atomic mass is 79.9. The summed E-state index contributed by atoms with van der Waals surface area (Å²) in [4.78, 5) is 15.5. The fourth-order valence-electron chi connectivity index (χ4n) is 2.27. The van der Waals surface area contributed by atoms with Crippen molar-refractivity contribution in [3.8, 4) is 0 Å². The highest BCUT2D eigenvalue weighted by molar-refractivity contribution is 9.10. The molecular formula is C16H11BrFNO. The average Bonchev–Trinajstić information content (AvgIpc) is 2.87. The van der Waals surface area contributed by atoms with Crippen LogP contribution in [0.15, 0.2) is 53.1 Å². The van der Waals surface area contributed by atoms with E-state index in [1.807, 2.05) is 18.2 Å². The first-order chi connectivity index (χ1) is 9.66. The summed E-state index contributed by atoms with van der Waals surface area (Å²) in [6, 6.07) is 12.0. The largest absolute Gasteiger partial charge is 0.360 e. The zero-order chi connectivity index (χ0) is 14.1. The molecule has 0 saturated carbocycles. The molecule has 1 N–H and O–H groups in total. The second-order valence-corrected chi connectivity index (χ2v) is 5.41. The van der Waals surface area contributed by atoms with Crippen LogP contribution in [0.3, 0.4) is 0 Å². The van der Waals surface area contributed by atoms with Crippen LogP contribution in [0.2, 0.25) is 0 Å². The Morgan fingerprint density at radius 2 is 1.95 bits per heavy atom. The summed E-state index contributed by atoms with van der Waals surface area (Å²) in [7, 11) is 0. The molecule has 0 bridgehead atoms. The zero-order valence-electron chi connectivity index (χ0n) is 10.5. The molecular weight excluding hydrogens is 321 g/mol. The van der Waals surface area contributed by atoms with Crippen molar-refractivity contribution in [1.29, 1.82) is 0 Å².